The van der Waals surface area contributed by atoms with Gasteiger partial charge in [0.15, 0.2) is 0 Å². The van der Waals surface area contributed by atoms with Crippen molar-refractivity contribution in [1.82, 2.24) is 5.32 Å². The zero-order valence-electron chi connectivity index (χ0n) is 11.5. The van der Waals surface area contributed by atoms with Gasteiger partial charge in [0.2, 0.25) is 0 Å². The number of carbonyl (C=O) groups is 1. The lowest BCUT2D eigenvalue weighted by atomic mass is 9.77. The summed E-state index contributed by atoms with van der Waals surface area (Å²) in [5.74, 6) is 0.438. The van der Waals surface area contributed by atoms with Crippen molar-refractivity contribution in [3.8, 4) is 0 Å². The summed E-state index contributed by atoms with van der Waals surface area (Å²) in [6.07, 6.45) is 3.61. The number of hydrogen-bond donors (Lipinski definition) is 2. The molecule has 5 heteroatoms. The van der Waals surface area contributed by atoms with E-state index in [1.165, 1.54) is 0 Å². The molecule has 0 radical (unpaired) electrons. The largest absolute Gasteiger partial charge is 0.391 e. The zero-order valence-corrected chi connectivity index (χ0v) is 13.1. The van der Waals surface area contributed by atoms with Crippen LogP contribution in [0, 0.1) is 5.92 Å². The van der Waals surface area contributed by atoms with Crippen molar-refractivity contribution in [2.24, 2.45) is 11.7 Å². The Morgan fingerprint density at radius 3 is 2.55 bits per heavy atom. The van der Waals surface area contributed by atoms with Gasteiger partial charge in [-0.2, -0.15) is 0 Å². The number of halogens is 1. The Morgan fingerprint density at radius 2 is 2.00 bits per heavy atom. The fourth-order valence-electron chi connectivity index (χ4n) is 2.62. The lowest BCUT2D eigenvalue weighted by Gasteiger charge is -2.39. The Labute approximate surface area is 129 Å². The quantitative estimate of drug-likeness (QED) is 0.842. The van der Waals surface area contributed by atoms with Crippen LogP contribution in [0.2, 0.25) is 5.02 Å². The molecule has 1 fully saturated rings. The Hall–Kier alpha value is -1.13. The van der Waals surface area contributed by atoms with E-state index in [4.69, 9.17) is 29.6 Å². The molecule has 0 atom stereocenters. The van der Waals surface area contributed by atoms with Crippen molar-refractivity contribution in [3.05, 3.63) is 34.9 Å². The van der Waals surface area contributed by atoms with Crippen LogP contribution in [0.5, 0.6) is 0 Å². The fraction of sp³-hybridized carbons (Fsp3) is 0.467. The van der Waals surface area contributed by atoms with E-state index in [9.17, 15) is 4.79 Å². The van der Waals surface area contributed by atoms with Crippen LogP contribution >= 0.6 is 23.8 Å². The number of amides is 1. The van der Waals surface area contributed by atoms with Gasteiger partial charge in [0.05, 0.1) is 21.1 Å². The molecule has 0 aliphatic heterocycles. The van der Waals surface area contributed by atoms with E-state index in [0.29, 0.717) is 21.5 Å². The van der Waals surface area contributed by atoms with Gasteiger partial charge in [-0.15, -0.1) is 0 Å². The second-order valence-electron chi connectivity index (χ2n) is 5.56. The number of benzene rings is 1. The number of nitrogens with two attached hydrogens (primary N) is 1. The molecule has 3 nitrogen and oxygen atoms in total. The standard InChI is InChI=1S/C15H19ClN2OS/c1-10-6-8-15(9-7-10,14(17)20)18-13(19)11-4-2-3-5-12(11)16/h2-5,10H,6-9H2,1H3,(H2,17,20)(H,18,19). The van der Waals surface area contributed by atoms with E-state index in [1.54, 1.807) is 24.3 Å². The van der Waals surface area contributed by atoms with Gasteiger partial charge in [-0.3, -0.25) is 4.79 Å². The summed E-state index contributed by atoms with van der Waals surface area (Å²) in [4.78, 5) is 12.8. The molecule has 0 aromatic heterocycles. The Balaban J connectivity index is 2.19. The first-order valence-electron chi connectivity index (χ1n) is 6.81. The summed E-state index contributed by atoms with van der Waals surface area (Å²) in [5.41, 5.74) is 5.79. The van der Waals surface area contributed by atoms with Gasteiger partial charge in [0, 0.05) is 0 Å². The summed E-state index contributed by atoms with van der Waals surface area (Å²) >= 11 is 11.3. The van der Waals surface area contributed by atoms with Crippen molar-refractivity contribution < 1.29 is 4.79 Å². The van der Waals surface area contributed by atoms with Gasteiger partial charge in [0.25, 0.3) is 5.91 Å². The van der Waals surface area contributed by atoms with Gasteiger partial charge in [-0.1, -0.05) is 42.9 Å². The molecule has 108 valence electrons. The minimum atomic E-state index is -0.571. The molecule has 0 bridgehead atoms. The third-order valence-electron chi connectivity index (χ3n) is 4.07. The number of rotatable bonds is 3. The summed E-state index contributed by atoms with van der Waals surface area (Å²) in [6.45, 7) is 2.21. The highest BCUT2D eigenvalue weighted by molar-refractivity contribution is 7.80. The molecule has 0 spiro atoms. The maximum absolute atomic E-state index is 12.4. The molecule has 0 saturated heterocycles. The molecule has 1 aliphatic carbocycles. The number of nitrogens with one attached hydrogen (secondary N) is 1. The van der Waals surface area contributed by atoms with E-state index in [2.05, 4.69) is 12.2 Å². The van der Waals surface area contributed by atoms with E-state index in [-0.39, 0.29) is 5.91 Å². The molecule has 1 amide bonds. The minimum absolute atomic E-state index is 0.210. The summed E-state index contributed by atoms with van der Waals surface area (Å²) < 4.78 is 0. The van der Waals surface area contributed by atoms with Gasteiger partial charge >= 0.3 is 0 Å². The molecule has 3 N–H and O–H groups in total. The molecule has 20 heavy (non-hydrogen) atoms. The molecular weight excluding hydrogens is 292 g/mol. The monoisotopic (exact) mass is 310 g/mol. The summed E-state index contributed by atoms with van der Waals surface area (Å²) in [7, 11) is 0. The van der Waals surface area contributed by atoms with Crippen LogP contribution in [-0.2, 0) is 0 Å². The van der Waals surface area contributed by atoms with Gasteiger partial charge in [0.1, 0.15) is 0 Å². The summed E-state index contributed by atoms with van der Waals surface area (Å²) in [5, 5.41) is 3.46. The number of hydrogen-bond acceptors (Lipinski definition) is 2. The first kappa shape index (κ1) is 15.3. The van der Waals surface area contributed by atoms with E-state index >= 15 is 0 Å². The average Bonchev–Trinajstić information content (AvgIpc) is 2.41. The third kappa shape index (κ3) is 3.13. The smallest absolute Gasteiger partial charge is 0.253 e. The van der Waals surface area contributed by atoms with Crippen LogP contribution in [-0.4, -0.2) is 16.4 Å². The van der Waals surface area contributed by atoms with Crippen LogP contribution in [0.4, 0.5) is 0 Å². The van der Waals surface area contributed by atoms with Crippen molar-refractivity contribution in [2.75, 3.05) is 0 Å². The predicted octanol–water partition coefficient (Wildman–Crippen LogP) is 3.30. The van der Waals surface area contributed by atoms with Crippen molar-refractivity contribution in [2.45, 2.75) is 38.1 Å². The fourth-order valence-corrected chi connectivity index (χ4v) is 3.09. The van der Waals surface area contributed by atoms with E-state index < -0.39 is 5.54 Å². The van der Waals surface area contributed by atoms with Crippen LogP contribution in [0.25, 0.3) is 0 Å². The maximum Gasteiger partial charge on any atom is 0.253 e. The maximum atomic E-state index is 12.4. The van der Waals surface area contributed by atoms with Crippen molar-refractivity contribution in [1.29, 1.82) is 0 Å². The van der Waals surface area contributed by atoms with Crippen LogP contribution < -0.4 is 11.1 Å². The molecule has 1 aromatic rings. The molecule has 0 heterocycles. The van der Waals surface area contributed by atoms with Crippen molar-refractivity contribution >= 4 is 34.7 Å². The van der Waals surface area contributed by atoms with E-state index in [0.717, 1.165) is 25.7 Å². The molecular formula is C15H19ClN2OS. The predicted molar refractivity (Wildman–Crippen MR) is 86.1 cm³/mol. The molecule has 1 saturated carbocycles. The molecule has 1 aromatic carbocycles. The second-order valence-corrected chi connectivity index (χ2v) is 6.41. The Kier molecular flexibility index (Phi) is 4.66. The Morgan fingerprint density at radius 1 is 1.40 bits per heavy atom. The highest BCUT2D eigenvalue weighted by Gasteiger charge is 2.38. The van der Waals surface area contributed by atoms with Crippen LogP contribution in [0.1, 0.15) is 43.0 Å². The topological polar surface area (TPSA) is 55.1 Å². The van der Waals surface area contributed by atoms with Crippen molar-refractivity contribution in [3.63, 3.8) is 0 Å². The van der Waals surface area contributed by atoms with Crippen LogP contribution in [0.15, 0.2) is 24.3 Å². The first-order chi connectivity index (χ1) is 9.44. The first-order valence-corrected chi connectivity index (χ1v) is 7.60. The van der Waals surface area contributed by atoms with Gasteiger partial charge in [-0.05, 0) is 43.7 Å². The number of carbonyl (C=O) groups excluding carboxylic acids is 1. The highest BCUT2D eigenvalue weighted by Crippen LogP contribution is 2.32. The SMILES string of the molecule is CC1CCC(NC(=O)c2ccccc2Cl)(C(N)=S)CC1. The number of thiocarbonyl (C=S) groups is 1. The third-order valence-corrected chi connectivity index (χ3v) is 4.79. The van der Waals surface area contributed by atoms with Gasteiger partial charge in [-0.25, -0.2) is 0 Å². The van der Waals surface area contributed by atoms with Crippen LogP contribution in [0.3, 0.4) is 0 Å². The average molecular weight is 311 g/mol. The Bertz CT molecular complexity index is 524. The van der Waals surface area contributed by atoms with Gasteiger partial charge < -0.3 is 11.1 Å². The minimum Gasteiger partial charge on any atom is -0.391 e. The zero-order chi connectivity index (χ0) is 14.8. The van der Waals surface area contributed by atoms with E-state index in [1.807, 2.05) is 0 Å². The summed E-state index contributed by atoms with van der Waals surface area (Å²) in [6, 6.07) is 6.99. The normalized spacial score (nSPS) is 26.0. The second kappa shape index (κ2) is 6.10. The highest BCUT2D eigenvalue weighted by atomic mass is 35.5. The lowest BCUT2D eigenvalue weighted by molar-refractivity contribution is 0.0901. The molecule has 0 unspecified atom stereocenters. The lowest BCUT2D eigenvalue weighted by Crippen LogP contribution is -2.58. The molecule has 2 rings (SSSR count). The molecule has 1 aliphatic rings.